The Bertz CT molecular complexity index is 409. The van der Waals surface area contributed by atoms with E-state index in [-0.39, 0.29) is 5.82 Å². The first-order chi connectivity index (χ1) is 8.09. The Morgan fingerprint density at radius 3 is 2.88 bits per heavy atom. The van der Waals surface area contributed by atoms with E-state index in [1.54, 1.807) is 12.1 Å². The van der Waals surface area contributed by atoms with Crippen molar-refractivity contribution < 1.29 is 4.39 Å². The maximum atomic E-state index is 13.7. The third-order valence-electron chi connectivity index (χ3n) is 3.43. The molecule has 0 aromatic heterocycles. The molecule has 0 radical (unpaired) electrons. The number of nitrogen functional groups attached to an aromatic ring is 1. The van der Waals surface area contributed by atoms with Crippen molar-refractivity contribution in [2.24, 2.45) is 0 Å². The number of nitrogens with zero attached hydrogens (tertiary/aromatic N) is 1. The van der Waals surface area contributed by atoms with Gasteiger partial charge in [0.15, 0.2) is 0 Å². The molecule has 94 valence electrons. The van der Waals surface area contributed by atoms with Gasteiger partial charge >= 0.3 is 0 Å². The van der Waals surface area contributed by atoms with Crippen LogP contribution in [0, 0.1) is 9.39 Å². The molecule has 0 saturated carbocycles. The second-order valence-corrected chi connectivity index (χ2v) is 5.88. The molecule has 17 heavy (non-hydrogen) atoms. The standard InChI is InChI=1S/C13H18FIN2/c1-9-5-3-2-4-6-17(9)13-7-10(14)11(15)8-12(13)16/h7-9H,2-6,16H2,1H3. The van der Waals surface area contributed by atoms with Crippen molar-refractivity contribution >= 4 is 34.0 Å². The van der Waals surface area contributed by atoms with Crippen LogP contribution in [-0.4, -0.2) is 12.6 Å². The molecule has 2 rings (SSSR count). The minimum absolute atomic E-state index is 0.175. The van der Waals surface area contributed by atoms with Crippen LogP contribution < -0.4 is 10.6 Å². The van der Waals surface area contributed by atoms with Gasteiger partial charge in [-0.1, -0.05) is 12.8 Å². The number of benzene rings is 1. The van der Waals surface area contributed by atoms with E-state index in [1.807, 2.05) is 22.6 Å². The van der Waals surface area contributed by atoms with Crippen LogP contribution in [0.2, 0.25) is 0 Å². The lowest BCUT2D eigenvalue weighted by molar-refractivity contribution is 0.603. The minimum atomic E-state index is -0.175. The first kappa shape index (κ1) is 12.9. The molecule has 0 aliphatic carbocycles. The van der Waals surface area contributed by atoms with Gasteiger partial charge in [-0.3, -0.25) is 0 Å². The summed E-state index contributed by atoms with van der Waals surface area (Å²) in [7, 11) is 0. The molecule has 1 fully saturated rings. The van der Waals surface area contributed by atoms with E-state index in [9.17, 15) is 4.39 Å². The molecule has 1 atom stereocenters. The predicted octanol–water partition coefficient (Wildman–Crippen LogP) is 3.78. The Balaban J connectivity index is 2.34. The van der Waals surface area contributed by atoms with E-state index < -0.39 is 0 Å². The highest BCUT2D eigenvalue weighted by Crippen LogP contribution is 2.31. The highest BCUT2D eigenvalue weighted by atomic mass is 127. The molecular formula is C13H18FIN2. The van der Waals surface area contributed by atoms with Crippen molar-refractivity contribution in [3.63, 3.8) is 0 Å². The summed E-state index contributed by atoms with van der Waals surface area (Å²) in [5.41, 5.74) is 7.56. The summed E-state index contributed by atoms with van der Waals surface area (Å²) in [5, 5.41) is 0. The molecule has 1 heterocycles. The number of hydrogen-bond donors (Lipinski definition) is 1. The van der Waals surface area contributed by atoms with Gasteiger partial charge in [0, 0.05) is 18.7 Å². The number of hydrogen-bond acceptors (Lipinski definition) is 2. The molecule has 1 unspecified atom stereocenters. The highest BCUT2D eigenvalue weighted by molar-refractivity contribution is 14.1. The first-order valence-electron chi connectivity index (χ1n) is 6.10. The Morgan fingerprint density at radius 2 is 2.12 bits per heavy atom. The molecule has 1 saturated heterocycles. The average molecular weight is 348 g/mol. The highest BCUT2D eigenvalue weighted by Gasteiger charge is 2.20. The fourth-order valence-electron chi connectivity index (χ4n) is 2.43. The van der Waals surface area contributed by atoms with E-state index in [4.69, 9.17) is 5.73 Å². The smallest absolute Gasteiger partial charge is 0.138 e. The van der Waals surface area contributed by atoms with E-state index in [1.165, 1.54) is 12.8 Å². The summed E-state index contributed by atoms with van der Waals surface area (Å²) in [5.74, 6) is -0.175. The molecule has 1 aliphatic heterocycles. The Labute approximate surface area is 116 Å². The quantitative estimate of drug-likeness (QED) is 0.618. The predicted molar refractivity (Wildman–Crippen MR) is 78.8 cm³/mol. The van der Waals surface area contributed by atoms with Crippen LogP contribution in [0.3, 0.4) is 0 Å². The zero-order valence-electron chi connectivity index (χ0n) is 10.0. The van der Waals surface area contributed by atoms with Crippen molar-refractivity contribution in [3.8, 4) is 0 Å². The van der Waals surface area contributed by atoms with Crippen LogP contribution in [0.4, 0.5) is 15.8 Å². The molecule has 4 heteroatoms. The van der Waals surface area contributed by atoms with Gasteiger partial charge in [-0.2, -0.15) is 0 Å². The molecule has 1 aromatic carbocycles. The van der Waals surface area contributed by atoms with Crippen LogP contribution in [0.15, 0.2) is 12.1 Å². The van der Waals surface area contributed by atoms with E-state index in [0.29, 0.717) is 15.3 Å². The van der Waals surface area contributed by atoms with Crippen molar-refractivity contribution in [2.45, 2.75) is 38.6 Å². The van der Waals surface area contributed by atoms with Crippen molar-refractivity contribution in [1.29, 1.82) is 0 Å². The second-order valence-electron chi connectivity index (χ2n) is 4.72. The van der Waals surface area contributed by atoms with E-state index in [2.05, 4.69) is 11.8 Å². The molecule has 0 bridgehead atoms. The van der Waals surface area contributed by atoms with Crippen LogP contribution >= 0.6 is 22.6 Å². The number of anilines is 2. The maximum Gasteiger partial charge on any atom is 0.138 e. The maximum absolute atomic E-state index is 13.7. The lowest BCUT2D eigenvalue weighted by Gasteiger charge is -2.30. The summed E-state index contributed by atoms with van der Waals surface area (Å²) in [4.78, 5) is 2.25. The molecule has 0 spiro atoms. The van der Waals surface area contributed by atoms with Gasteiger partial charge in [0.25, 0.3) is 0 Å². The average Bonchev–Trinajstić information content (AvgIpc) is 2.49. The van der Waals surface area contributed by atoms with Gasteiger partial charge < -0.3 is 10.6 Å². The molecular weight excluding hydrogens is 330 g/mol. The van der Waals surface area contributed by atoms with Crippen LogP contribution in [0.5, 0.6) is 0 Å². The second kappa shape index (κ2) is 5.42. The van der Waals surface area contributed by atoms with Crippen molar-refractivity contribution in [1.82, 2.24) is 0 Å². The molecule has 0 amide bonds. The topological polar surface area (TPSA) is 29.3 Å². The number of rotatable bonds is 1. The SMILES string of the molecule is CC1CCCCCN1c1cc(F)c(I)cc1N. The molecule has 2 nitrogen and oxygen atoms in total. The van der Waals surface area contributed by atoms with E-state index in [0.717, 1.165) is 25.1 Å². The zero-order valence-corrected chi connectivity index (χ0v) is 12.2. The van der Waals surface area contributed by atoms with Crippen molar-refractivity contribution in [2.75, 3.05) is 17.2 Å². The minimum Gasteiger partial charge on any atom is -0.397 e. The monoisotopic (exact) mass is 348 g/mol. The summed E-state index contributed by atoms with van der Waals surface area (Å²) in [6.45, 7) is 3.17. The summed E-state index contributed by atoms with van der Waals surface area (Å²) in [6.07, 6.45) is 4.84. The Morgan fingerprint density at radius 1 is 1.35 bits per heavy atom. The summed E-state index contributed by atoms with van der Waals surface area (Å²) < 4.78 is 14.2. The Hall–Kier alpha value is -0.520. The van der Waals surface area contributed by atoms with Gasteiger partial charge in [0.2, 0.25) is 0 Å². The molecule has 2 N–H and O–H groups in total. The third-order valence-corrected chi connectivity index (χ3v) is 4.26. The van der Waals surface area contributed by atoms with Crippen LogP contribution in [-0.2, 0) is 0 Å². The van der Waals surface area contributed by atoms with E-state index >= 15 is 0 Å². The third kappa shape index (κ3) is 2.84. The zero-order chi connectivity index (χ0) is 12.4. The lowest BCUT2D eigenvalue weighted by atomic mass is 10.1. The van der Waals surface area contributed by atoms with Crippen molar-refractivity contribution in [3.05, 3.63) is 21.5 Å². The van der Waals surface area contributed by atoms with Crippen LogP contribution in [0.25, 0.3) is 0 Å². The van der Waals surface area contributed by atoms with Gasteiger partial charge in [-0.25, -0.2) is 4.39 Å². The van der Waals surface area contributed by atoms with Gasteiger partial charge in [-0.15, -0.1) is 0 Å². The molecule has 1 aliphatic rings. The Kier molecular flexibility index (Phi) is 4.12. The fraction of sp³-hybridized carbons (Fsp3) is 0.538. The molecule has 1 aromatic rings. The lowest BCUT2D eigenvalue weighted by Crippen LogP contribution is -2.33. The number of nitrogens with two attached hydrogens (primary N) is 1. The summed E-state index contributed by atoms with van der Waals surface area (Å²) >= 11 is 1.98. The fourth-order valence-corrected chi connectivity index (χ4v) is 2.92. The number of halogens is 2. The summed E-state index contributed by atoms with van der Waals surface area (Å²) in [6, 6.07) is 3.75. The van der Waals surface area contributed by atoms with Gasteiger partial charge in [0.1, 0.15) is 5.82 Å². The largest absolute Gasteiger partial charge is 0.397 e. The van der Waals surface area contributed by atoms with Crippen LogP contribution in [0.1, 0.15) is 32.6 Å². The van der Waals surface area contributed by atoms with Gasteiger partial charge in [-0.05, 0) is 48.4 Å². The van der Waals surface area contributed by atoms with Gasteiger partial charge in [0.05, 0.1) is 14.9 Å². The first-order valence-corrected chi connectivity index (χ1v) is 7.18. The normalized spacial score (nSPS) is 21.4.